The van der Waals surface area contributed by atoms with Crippen LogP contribution in [0.2, 0.25) is 0 Å². The third-order valence-corrected chi connectivity index (χ3v) is 6.41. The van der Waals surface area contributed by atoms with Crippen LogP contribution in [-0.4, -0.2) is 0 Å². The monoisotopic (exact) mass is 438 g/mol. The Morgan fingerprint density at radius 1 is 0.265 bits per heavy atom. The molecule has 0 unspecified atom stereocenters. The molecule has 5 aromatic carbocycles. The van der Waals surface area contributed by atoms with E-state index in [1.807, 2.05) is 0 Å². The van der Waals surface area contributed by atoms with E-state index < -0.39 is 0 Å². The van der Waals surface area contributed by atoms with Crippen molar-refractivity contribution >= 4 is 0 Å². The third-order valence-electron chi connectivity index (χ3n) is 6.41. The molecule has 0 aromatic heterocycles. The van der Waals surface area contributed by atoms with Crippen LogP contribution < -0.4 is 0 Å². The van der Waals surface area contributed by atoms with Crippen molar-refractivity contribution in [1.82, 2.24) is 0 Å². The predicted octanol–water partition coefficient (Wildman–Crippen LogP) is 9.59. The Morgan fingerprint density at radius 3 is 1.03 bits per heavy atom. The maximum atomic E-state index is 2.32. The zero-order chi connectivity index (χ0) is 23.7. The molecule has 0 N–H and O–H groups in total. The largest absolute Gasteiger partial charge is 0.0614 e. The molecular formula is C34H30. The first kappa shape index (κ1) is 21.9. The molecule has 0 heterocycles. The second kappa shape index (κ2) is 9.15. The van der Waals surface area contributed by atoms with Gasteiger partial charge < -0.3 is 0 Å². The van der Waals surface area contributed by atoms with Crippen molar-refractivity contribution < 1.29 is 0 Å². The van der Waals surface area contributed by atoms with Gasteiger partial charge in [-0.1, -0.05) is 113 Å². The van der Waals surface area contributed by atoms with Gasteiger partial charge in [0.2, 0.25) is 0 Å². The summed E-state index contributed by atoms with van der Waals surface area (Å²) in [5.74, 6) is 0. The Kier molecular flexibility index (Phi) is 5.90. The minimum absolute atomic E-state index is 1.23. The van der Waals surface area contributed by atoms with Crippen LogP contribution in [-0.2, 0) is 0 Å². The number of rotatable bonds is 4. The fourth-order valence-corrected chi connectivity index (χ4v) is 4.77. The van der Waals surface area contributed by atoms with Crippen molar-refractivity contribution in [2.24, 2.45) is 0 Å². The van der Waals surface area contributed by atoms with E-state index in [0.29, 0.717) is 0 Å². The van der Waals surface area contributed by atoms with Gasteiger partial charge in [-0.25, -0.2) is 0 Å². The number of hydrogen-bond acceptors (Lipinski definition) is 0. The van der Waals surface area contributed by atoms with Crippen molar-refractivity contribution in [1.29, 1.82) is 0 Å². The molecule has 0 saturated heterocycles. The van der Waals surface area contributed by atoms with Crippen LogP contribution in [0.15, 0.2) is 109 Å². The average molecular weight is 439 g/mol. The summed E-state index contributed by atoms with van der Waals surface area (Å²) < 4.78 is 0. The maximum absolute atomic E-state index is 2.32. The second-order valence-electron chi connectivity index (χ2n) is 9.49. The topological polar surface area (TPSA) is 0 Å². The van der Waals surface area contributed by atoms with Gasteiger partial charge in [0, 0.05) is 0 Å². The molecule has 166 valence electrons. The Bertz CT molecular complexity index is 1380. The summed E-state index contributed by atoms with van der Waals surface area (Å²) in [6.45, 7) is 8.63. The maximum Gasteiger partial charge on any atom is -0.0172 e. The molecule has 0 nitrogen and oxygen atoms in total. The van der Waals surface area contributed by atoms with Crippen molar-refractivity contribution in [3.05, 3.63) is 131 Å². The molecule has 0 bridgehead atoms. The van der Waals surface area contributed by atoms with Crippen molar-refractivity contribution in [3.63, 3.8) is 0 Å². The molecule has 0 atom stereocenters. The minimum atomic E-state index is 1.23. The molecule has 0 fully saturated rings. The summed E-state index contributed by atoms with van der Waals surface area (Å²) in [6.07, 6.45) is 0. The van der Waals surface area contributed by atoms with Crippen LogP contribution >= 0.6 is 0 Å². The normalized spacial score (nSPS) is 10.9. The van der Waals surface area contributed by atoms with E-state index in [4.69, 9.17) is 0 Å². The van der Waals surface area contributed by atoms with Gasteiger partial charge >= 0.3 is 0 Å². The van der Waals surface area contributed by atoms with Gasteiger partial charge in [0.05, 0.1) is 0 Å². The van der Waals surface area contributed by atoms with Crippen molar-refractivity contribution in [2.45, 2.75) is 27.7 Å². The summed E-state index contributed by atoms with van der Waals surface area (Å²) in [5.41, 5.74) is 15.1. The molecule has 0 spiro atoms. The summed E-state index contributed by atoms with van der Waals surface area (Å²) in [5, 5.41) is 0. The predicted molar refractivity (Wildman–Crippen MR) is 147 cm³/mol. The van der Waals surface area contributed by atoms with E-state index >= 15 is 0 Å². The standard InChI is InChI=1S/C34H30/c1-23-7-5-9-29(16-23)33-20-32(21-34(22-33)30-10-6-8-24(2)17-30)28-13-11-27(12-14-28)31-18-25(3)15-26(4)19-31/h5-22H,1-4H3. The first-order valence-electron chi connectivity index (χ1n) is 11.9. The first-order chi connectivity index (χ1) is 16.4. The SMILES string of the molecule is Cc1cccc(-c2cc(-c3ccc(-c4cc(C)cc(C)c4)cc3)cc(-c3cccc(C)c3)c2)c1. The van der Waals surface area contributed by atoms with Gasteiger partial charge in [0.25, 0.3) is 0 Å². The fraction of sp³-hybridized carbons (Fsp3) is 0.118. The van der Waals surface area contributed by atoms with E-state index in [-0.39, 0.29) is 0 Å². The minimum Gasteiger partial charge on any atom is -0.0614 e. The molecule has 0 aliphatic rings. The Morgan fingerprint density at radius 2 is 0.618 bits per heavy atom. The summed E-state index contributed by atoms with van der Waals surface area (Å²) >= 11 is 0. The lowest BCUT2D eigenvalue weighted by atomic mass is 9.91. The van der Waals surface area contributed by atoms with Gasteiger partial charge in [-0.15, -0.1) is 0 Å². The van der Waals surface area contributed by atoms with Crippen LogP contribution in [0, 0.1) is 27.7 Å². The molecule has 5 aromatic rings. The van der Waals surface area contributed by atoms with Gasteiger partial charge in [0.1, 0.15) is 0 Å². The average Bonchev–Trinajstić information content (AvgIpc) is 2.83. The fourth-order valence-electron chi connectivity index (χ4n) is 4.77. The Labute approximate surface area is 203 Å². The Balaban J connectivity index is 1.61. The molecule has 0 amide bonds. The number of aryl methyl sites for hydroxylation is 4. The van der Waals surface area contributed by atoms with Crippen LogP contribution in [0.25, 0.3) is 44.5 Å². The van der Waals surface area contributed by atoms with Crippen LogP contribution in [0.4, 0.5) is 0 Å². The van der Waals surface area contributed by atoms with E-state index in [1.54, 1.807) is 0 Å². The lowest BCUT2D eigenvalue weighted by Gasteiger charge is -2.13. The van der Waals surface area contributed by atoms with Crippen LogP contribution in [0.1, 0.15) is 22.3 Å². The number of benzene rings is 5. The highest BCUT2D eigenvalue weighted by molar-refractivity contribution is 5.82. The zero-order valence-electron chi connectivity index (χ0n) is 20.4. The lowest BCUT2D eigenvalue weighted by Crippen LogP contribution is -1.88. The van der Waals surface area contributed by atoms with Gasteiger partial charge in [-0.3, -0.25) is 0 Å². The van der Waals surface area contributed by atoms with E-state index in [1.165, 1.54) is 66.8 Å². The molecule has 34 heavy (non-hydrogen) atoms. The summed E-state index contributed by atoms with van der Waals surface area (Å²) in [4.78, 5) is 0. The lowest BCUT2D eigenvalue weighted by molar-refractivity contribution is 1.38. The molecule has 0 heteroatoms. The van der Waals surface area contributed by atoms with Crippen molar-refractivity contribution in [2.75, 3.05) is 0 Å². The summed E-state index contributed by atoms with van der Waals surface area (Å²) in [6, 6.07) is 40.2. The smallest absolute Gasteiger partial charge is 0.0172 e. The quantitative estimate of drug-likeness (QED) is 0.262. The van der Waals surface area contributed by atoms with Gasteiger partial charge in [-0.2, -0.15) is 0 Å². The molecular weight excluding hydrogens is 408 g/mol. The third kappa shape index (κ3) is 4.72. The van der Waals surface area contributed by atoms with Gasteiger partial charge in [-0.05, 0) is 90.4 Å². The second-order valence-corrected chi connectivity index (χ2v) is 9.49. The van der Waals surface area contributed by atoms with E-state index in [9.17, 15) is 0 Å². The van der Waals surface area contributed by atoms with Crippen LogP contribution in [0.5, 0.6) is 0 Å². The number of hydrogen-bond donors (Lipinski definition) is 0. The van der Waals surface area contributed by atoms with Gasteiger partial charge in [0.15, 0.2) is 0 Å². The highest BCUT2D eigenvalue weighted by atomic mass is 14.1. The van der Waals surface area contributed by atoms with Crippen molar-refractivity contribution in [3.8, 4) is 44.5 Å². The highest BCUT2D eigenvalue weighted by Gasteiger charge is 2.09. The molecule has 5 rings (SSSR count). The van der Waals surface area contributed by atoms with E-state index in [0.717, 1.165) is 0 Å². The molecule has 0 saturated carbocycles. The Hall–Kier alpha value is -3.90. The first-order valence-corrected chi connectivity index (χ1v) is 11.9. The summed E-state index contributed by atoms with van der Waals surface area (Å²) in [7, 11) is 0. The zero-order valence-corrected chi connectivity index (χ0v) is 20.4. The molecule has 0 aliphatic heterocycles. The van der Waals surface area contributed by atoms with E-state index in [2.05, 4.69) is 137 Å². The molecule has 0 radical (unpaired) electrons. The highest BCUT2D eigenvalue weighted by Crippen LogP contribution is 2.34. The molecule has 0 aliphatic carbocycles. The van der Waals surface area contributed by atoms with Crippen LogP contribution in [0.3, 0.4) is 0 Å².